The summed E-state index contributed by atoms with van der Waals surface area (Å²) in [7, 11) is 1.55. The van der Waals surface area contributed by atoms with Gasteiger partial charge in [0, 0.05) is 29.7 Å². The van der Waals surface area contributed by atoms with Crippen molar-refractivity contribution < 1.29 is 4.79 Å². The molecule has 24 heavy (non-hydrogen) atoms. The van der Waals surface area contributed by atoms with Crippen LogP contribution in [0, 0.1) is 0 Å². The van der Waals surface area contributed by atoms with E-state index in [0.717, 1.165) is 5.56 Å². The summed E-state index contributed by atoms with van der Waals surface area (Å²) in [6.45, 7) is 6.58. The maximum atomic E-state index is 11.7. The van der Waals surface area contributed by atoms with Crippen molar-refractivity contribution in [3.8, 4) is 11.1 Å². The zero-order valence-electron chi connectivity index (χ0n) is 14.0. The summed E-state index contributed by atoms with van der Waals surface area (Å²) in [5.74, 6) is 0.282. The molecule has 0 radical (unpaired) electrons. The number of anilines is 1. The molecule has 0 aliphatic rings. The molecule has 7 heteroatoms. The molecule has 1 amide bonds. The van der Waals surface area contributed by atoms with Crippen molar-refractivity contribution in [2.45, 2.75) is 20.8 Å². The summed E-state index contributed by atoms with van der Waals surface area (Å²) in [5, 5.41) is 6.89. The van der Waals surface area contributed by atoms with Gasteiger partial charge in [0.25, 0.3) is 5.91 Å². The fourth-order valence-electron chi connectivity index (χ4n) is 1.99. The predicted molar refractivity (Wildman–Crippen MR) is 104 cm³/mol. The lowest BCUT2D eigenvalue weighted by Gasteiger charge is -2.14. The second-order valence-electron chi connectivity index (χ2n) is 4.45. The van der Waals surface area contributed by atoms with Crippen molar-refractivity contribution in [2.24, 2.45) is 0 Å². The first-order valence-corrected chi connectivity index (χ1v) is 8.73. The van der Waals surface area contributed by atoms with E-state index < -0.39 is 0 Å². The third-order valence-electron chi connectivity index (χ3n) is 2.98. The van der Waals surface area contributed by atoms with Crippen molar-refractivity contribution in [3.63, 3.8) is 0 Å². The number of pyridine rings is 1. The Hall–Kier alpha value is -1.49. The Morgan fingerprint density at radius 2 is 1.79 bits per heavy atom. The highest BCUT2D eigenvalue weighted by atomic mass is 35.5. The van der Waals surface area contributed by atoms with E-state index in [1.807, 2.05) is 20.8 Å². The molecule has 0 fully saturated rings. The van der Waals surface area contributed by atoms with Crippen LogP contribution in [0.5, 0.6) is 0 Å². The third kappa shape index (κ3) is 4.76. The van der Waals surface area contributed by atoms with Gasteiger partial charge >= 0.3 is 0 Å². The number of aromatic nitrogens is 1. The molecule has 1 aromatic heterocycles. The van der Waals surface area contributed by atoms with Crippen molar-refractivity contribution in [1.82, 2.24) is 10.3 Å². The maximum Gasteiger partial charge on any atom is 0.269 e. The molecule has 0 atom stereocenters. The molecule has 0 saturated heterocycles. The highest BCUT2D eigenvalue weighted by molar-refractivity contribution is 6.45. The van der Waals surface area contributed by atoms with E-state index >= 15 is 0 Å². The maximum absolute atomic E-state index is 11.7. The molecule has 2 N–H and O–H groups in total. The Bertz CT molecular complexity index is 720. The molecule has 2 aromatic rings. The monoisotopic (exact) mass is 387 g/mol. The Labute approximate surface area is 157 Å². The zero-order valence-corrected chi connectivity index (χ0v) is 16.3. The van der Waals surface area contributed by atoms with Gasteiger partial charge < -0.3 is 10.6 Å². The van der Waals surface area contributed by atoms with Crippen molar-refractivity contribution in [2.75, 3.05) is 18.9 Å². The molecule has 1 heterocycles. The Balaban J connectivity index is 0.00000139. The summed E-state index contributed by atoms with van der Waals surface area (Å²) in [5.41, 5.74) is 1.70. The molecular weight excluding hydrogens is 369 g/mol. The van der Waals surface area contributed by atoms with Crippen LogP contribution < -0.4 is 10.6 Å². The van der Waals surface area contributed by atoms with Gasteiger partial charge in [0.05, 0.1) is 10.0 Å². The molecule has 0 saturated carbocycles. The fourth-order valence-corrected chi connectivity index (χ4v) is 2.69. The number of nitrogens with zero attached hydrogens (tertiary/aromatic N) is 1. The zero-order chi connectivity index (χ0) is 18.3. The molecule has 0 aliphatic carbocycles. The van der Waals surface area contributed by atoms with Gasteiger partial charge in [0.2, 0.25) is 0 Å². The van der Waals surface area contributed by atoms with Gasteiger partial charge in [0.1, 0.15) is 11.5 Å². The van der Waals surface area contributed by atoms with Gasteiger partial charge in [-0.15, -0.1) is 0 Å². The van der Waals surface area contributed by atoms with E-state index in [0.29, 0.717) is 38.7 Å². The van der Waals surface area contributed by atoms with Gasteiger partial charge in [-0.2, -0.15) is 0 Å². The van der Waals surface area contributed by atoms with Crippen LogP contribution in [0.3, 0.4) is 0 Å². The molecule has 0 unspecified atom stereocenters. The molecule has 0 spiro atoms. The van der Waals surface area contributed by atoms with Crippen molar-refractivity contribution in [3.05, 3.63) is 45.0 Å². The number of carbonyl (C=O) groups is 1. The van der Waals surface area contributed by atoms with Gasteiger partial charge in [-0.1, -0.05) is 48.7 Å². The number of hydrogen-bond donors (Lipinski definition) is 2. The quantitative estimate of drug-likeness (QED) is 0.677. The SMILES string of the molecule is CC.CCNc1nc(C(=O)NC)ccc1-c1cc(Cl)cc(Cl)c1Cl. The van der Waals surface area contributed by atoms with Crippen LogP contribution in [0.4, 0.5) is 5.82 Å². The summed E-state index contributed by atoms with van der Waals surface area (Å²) < 4.78 is 0. The molecule has 2 rings (SSSR count). The highest BCUT2D eigenvalue weighted by Gasteiger charge is 2.16. The first kappa shape index (κ1) is 20.6. The first-order valence-electron chi connectivity index (χ1n) is 7.59. The second kappa shape index (κ2) is 9.72. The predicted octanol–water partition coefficient (Wildman–Crippen LogP) is 5.53. The average Bonchev–Trinajstić information content (AvgIpc) is 2.59. The Kier molecular flexibility index (Phi) is 8.32. The van der Waals surface area contributed by atoms with E-state index in [1.54, 1.807) is 31.3 Å². The smallest absolute Gasteiger partial charge is 0.269 e. The highest BCUT2D eigenvalue weighted by Crippen LogP contribution is 2.39. The molecule has 0 bridgehead atoms. The number of hydrogen-bond acceptors (Lipinski definition) is 3. The summed E-state index contributed by atoms with van der Waals surface area (Å²) in [6.07, 6.45) is 0. The van der Waals surface area contributed by atoms with E-state index in [4.69, 9.17) is 34.8 Å². The van der Waals surface area contributed by atoms with Crippen LogP contribution in [0.15, 0.2) is 24.3 Å². The summed E-state index contributed by atoms with van der Waals surface area (Å²) >= 11 is 18.4. The lowest BCUT2D eigenvalue weighted by molar-refractivity contribution is 0.0958. The largest absolute Gasteiger partial charge is 0.370 e. The van der Waals surface area contributed by atoms with Gasteiger partial charge in [0.15, 0.2) is 0 Å². The molecule has 4 nitrogen and oxygen atoms in total. The minimum Gasteiger partial charge on any atom is -0.370 e. The first-order chi connectivity index (χ1) is 11.5. The summed E-state index contributed by atoms with van der Waals surface area (Å²) in [6, 6.07) is 6.69. The topological polar surface area (TPSA) is 54.0 Å². The Morgan fingerprint density at radius 1 is 1.12 bits per heavy atom. The minimum atomic E-state index is -0.263. The molecule has 130 valence electrons. The van der Waals surface area contributed by atoms with Crippen molar-refractivity contribution in [1.29, 1.82) is 0 Å². The van der Waals surface area contributed by atoms with Crippen LogP contribution in [0.2, 0.25) is 15.1 Å². The van der Waals surface area contributed by atoms with Gasteiger partial charge in [-0.3, -0.25) is 4.79 Å². The lowest BCUT2D eigenvalue weighted by atomic mass is 10.1. The normalized spacial score (nSPS) is 9.79. The third-order valence-corrected chi connectivity index (χ3v) is 4.00. The van der Waals surface area contributed by atoms with Crippen LogP contribution in [-0.2, 0) is 0 Å². The lowest BCUT2D eigenvalue weighted by Crippen LogP contribution is -2.20. The van der Waals surface area contributed by atoms with E-state index in [1.165, 1.54) is 0 Å². The number of amides is 1. The molecular formula is C17H20Cl3N3O. The molecule has 0 aliphatic heterocycles. The fraction of sp³-hybridized carbons (Fsp3) is 0.294. The average molecular weight is 389 g/mol. The van der Waals surface area contributed by atoms with Gasteiger partial charge in [-0.05, 0) is 31.2 Å². The standard InChI is InChI=1S/C15H14Cl3N3O.C2H6/c1-3-20-14-9(4-5-12(21-14)15(22)19-2)10-6-8(16)7-11(17)13(10)18;1-2/h4-7H,3H2,1-2H3,(H,19,22)(H,20,21);1-2H3. The van der Waals surface area contributed by atoms with Crippen LogP contribution >= 0.6 is 34.8 Å². The summed E-state index contributed by atoms with van der Waals surface area (Å²) in [4.78, 5) is 16.1. The van der Waals surface area contributed by atoms with Crippen LogP contribution in [0.1, 0.15) is 31.3 Å². The number of carbonyl (C=O) groups excluding carboxylic acids is 1. The van der Waals surface area contributed by atoms with Crippen LogP contribution in [0.25, 0.3) is 11.1 Å². The van der Waals surface area contributed by atoms with Gasteiger partial charge in [-0.25, -0.2) is 4.98 Å². The molecule has 1 aromatic carbocycles. The number of benzene rings is 1. The minimum absolute atomic E-state index is 0.263. The number of nitrogens with one attached hydrogen (secondary N) is 2. The second-order valence-corrected chi connectivity index (χ2v) is 5.67. The van der Waals surface area contributed by atoms with E-state index in [2.05, 4.69) is 15.6 Å². The van der Waals surface area contributed by atoms with E-state index in [9.17, 15) is 4.79 Å². The number of rotatable bonds is 4. The van der Waals surface area contributed by atoms with E-state index in [-0.39, 0.29) is 5.91 Å². The Morgan fingerprint density at radius 3 is 2.38 bits per heavy atom. The van der Waals surface area contributed by atoms with Crippen molar-refractivity contribution >= 4 is 46.5 Å². The van der Waals surface area contributed by atoms with Crippen LogP contribution in [-0.4, -0.2) is 24.5 Å². The number of halogens is 3.